The van der Waals surface area contributed by atoms with Crippen LogP contribution in [0.1, 0.15) is 6.92 Å². The molecule has 4 nitrogen and oxygen atoms in total. The molecule has 1 unspecified atom stereocenters. The number of hydrogen-bond acceptors (Lipinski definition) is 4. The molecule has 0 fully saturated rings. The maximum Gasteiger partial charge on any atom is 0.265 e. The van der Waals surface area contributed by atoms with Crippen molar-refractivity contribution in [3.8, 4) is 16.3 Å². The summed E-state index contributed by atoms with van der Waals surface area (Å²) in [7, 11) is 0. The maximum absolute atomic E-state index is 11.6. The minimum Gasteiger partial charge on any atom is -0.479 e. The third-order valence-corrected chi connectivity index (χ3v) is 4.23. The zero-order valence-corrected chi connectivity index (χ0v) is 11.8. The summed E-state index contributed by atoms with van der Waals surface area (Å²) in [5.41, 5.74) is 1.66. The van der Waals surface area contributed by atoms with Gasteiger partial charge >= 0.3 is 0 Å². The van der Waals surface area contributed by atoms with Gasteiger partial charge in [-0.3, -0.25) is 4.79 Å². The predicted octanol–water partition coefficient (Wildman–Crippen LogP) is 3.29. The van der Waals surface area contributed by atoms with E-state index in [1.54, 1.807) is 18.3 Å². The Labute approximate surface area is 116 Å². The van der Waals surface area contributed by atoms with Gasteiger partial charge in [-0.15, -0.1) is 11.3 Å². The summed E-state index contributed by atoms with van der Waals surface area (Å²) in [5, 5.41) is 5.65. The largest absolute Gasteiger partial charge is 0.479 e. The zero-order valence-electron chi connectivity index (χ0n) is 9.44. The van der Waals surface area contributed by atoms with Crippen molar-refractivity contribution in [3.63, 3.8) is 0 Å². The summed E-state index contributed by atoms with van der Waals surface area (Å²) in [4.78, 5) is 15.9. The van der Waals surface area contributed by atoms with Crippen molar-refractivity contribution in [2.75, 3.05) is 5.32 Å². The molecule has 1 aromatic carbocycles. The summed E-state index contributed by atoms with van der Waals surface area (Å²) in [6.45, 7) is 1.73. The van der Waals surface area contributed by atoms with Gasteiger partial charge in [0.1, 0.15) is 15.4 Å². The molecule has 0 aliphatic carbocycles. The lowest BCUT2D eigenvalue weighted by Gasteiger charge is -2.23. The third-order valence-electron chi connectivity index (χ3n) is 2.63. The van der Waals surface area contributed by atoms with Crippen LogP contribution in [0.25, 0.3) is 10.6 Å². The SMILES string of the molecule is CC1Oc2ccc(-c3nc(Br)cs3)cc2NC1=O. The van der Waals surface area contributed by atoms with Crippen molar-refractivity contribution in [2.45, 2.75) is 13.0 Å². The van der Waals surface area contributed by atoms with Gasteiger partial charge in [-0.05, 0) is 41.1 Å². The first-order chi connectivity index (χ1) is 8.63. The Kier molecular flexibility index (Phi) is 2.83. The fraction of sp³-hybridized carbons (Fsp3) is 0.167. The molecule has 0 spiro atoms. The number of amides is 1. The molecule has 1 aliphatic heterocycles. The van der Waals surface area contributed by atoms with Crippen LogP contribution in [-0.4, -0.2) is 17.0 Å². The minimum atomic E-state index is -0.447. The van der Waals surface area contributed by atoms with E-state index in [0.717, 1.165) is 15.2 Å². The normalized spacial score (nSPS) is 17.9. The van der Waals surface area contributed by atoms with E-state index >= 15 is 0 Å². The Morgan fingerprint density at radius 1 is 1.50 bits per heavy atom. The molecule has 1 aromatic heterocycles. The molecule has 0 saturated carbocycles. The highest BCUT2D eigenvalue weighted by Crippen LogP contribution is 2.35. The monoisotopic (exact) mass is 324 g/mol. The topological polar surface area (TPSA) is 51.2 Å². The average molecular weight is 325 g/mol. The van der Waals surface area contributed by atoms with Crippen molar-refractivity contribution in [2.24, 2.45) is 0 Å². The van der Waals surface area contributed by atoms with Crippen LogP contribution in [0.4, 0.5) is 5.69 Å². The molecule has 0 radical (unpaired) electrons. The molecule has 6 heteroatoms. The Morgan fingerprint density at radius 2 is 2.33 bits per heavy atom. The lowest BCUT2D eigenvalue weighted by atomic mass is 10.1. The Bertz CT molecular complexity index is 626. The van der Waals surface area contributed by atoms with Crippen molar-refractivity contribution in [1.82, 2.24) is 4.98 Å². The van der Waals surface area contributed by atoms with Crippen LogP contribution < -0.4 is 10.1 Å². The number of nitrogens with zero attached hydrogens (tertiary/aromatic N) is 1. The first kappa shape index (κ1) is 11.7. The fourth-order valence-corrected chi connectivity index (χ4v) is 2.98. The summed E-state index contributed by atoms with van der Waals surface area (Å²) in [5.74, 6) is 0.571. The standard InChI is InChI=1S/C12H9BrN2O2S/c1-6-11(16)14-8-4-7(2-3-9(8)17-6)12-15-10(13)5-18-12/h2-6H,1H3,(H,14,16). The van der Waals surface area contributed by atoms with Gasteiger partial charge in [-0.25, -0.2) is 4.98 Å². The quantitative estimate of drug-likeness (QED) is 0.875. The van der Waals surface area contributed by atoms with E-state index in [1.165, 1.54) is 0 Å². The van der Waals surface area contributed by atoms with E-state index in [1.807, 2.05) is 23.6 Å². The van der Waals surface area contributed by atoms with E-state index < -0.39 is 6.10 Å². The van der Waals surface area contributed by atoms with Crippen LogP contribution in [-0.2, 0) is 4.79 Å². The molecule has 2 aromatic rings. The van der Waals surface area contributed by atoms with Gasteiger partial charge in [0.2, 0.25) is 0 Å². The molecular formula is C12H9BrN2O2S. The summed E-state index contributed by atoms with van der Waals surface area (Å²) < 4.78 is 6.32. The molecule has 18 heavy (non-hydrogen) atoms. The van der Waals surface area contributed by atoms with Crippen LogP contribution in [0.2, 0.25) is 0 Å². The van der Waals surface area contributed by atoms with Gasteiger partial charge in [-0.2, -0.15) is 0 Å². The molecule has 0 saturated heterocycles. The number of benzene rings is 1. The van der Waals surface area contributed by atoms with Crippen LogP contribution in [0.15, 0.2) is 28.2 Å². The van der Waals surface area contributed by atoms with E-state index in [9.17, 15) is 4.79 Å². The fourth-order valence-electron chi connectivity index (χ4n) is 1.73. The highest BCUT2D eigenvalue weighted by atomic mass is 79.9. The van der Waals surface area contributed by atoms with Gasteiger partial charge in [0.25, 0.3) is 5.91 Å². The first-order valence-corrected chi connectivity index (χ1v) is 7.04. The number of carbonyl (C=O) groups is 1. The number of carbonyl (C=O) groups excluding carboxylic acids is 1. The van der Waals surface area contributed by atoms with Crippen molar-refractivity contribution < 1.29 is 9.53 Å². The molecule has 1 aliphatic rings. The van der Waals surface area contributed by atoms with Crippen molar-refractivity contribution in [1.29, 1.82) is 0 Å². The molecule has 2 heterocycles. The second kappa shape index (κ2) is 4.37. The Hall–Kier alpha value is -1.40. The van der Waals surface area contributed by atoms with E-state index in [-0.39, 0.29) is 5.91 Å². The molecule has 1 atom stereocenters. The average Bonchev–Trinajstić information content (AvgIpc) is 2.77. The molecular weight excluding hydrogens is 316 g/mol. The number of rotatable bonds is 1. The molecule has 3 rings (SSSR count). The zero-order chi connectivity index (χ0) is 12.7. The van der Waals surface area contributed by atoms with Crippen LogP contribution in [0, 0.1) is 0 Å². The predicted molar refractivity (Wildman–Crippen MR) is 74.0 cm³/mol. The summed E-state index contributed by atoms with van der Waals surface area (Å²) in [6.07, 6.45) is -0.447. The van der Waals surface area contributed by atoms with E-state index in [4.69, 9.17) is 4.74 Å². The summed E-state index contributed by atoms with van der Waals surface area (Å²) in [6, 6.07) is 5.68. The minimum absolute atomic E-state index is 0.125. The smallest absolute Gasteiger partial charge is 0.265 e. The molecule has 0 bridgehead atoms. The third kappa shape index (κ3) is 2.02. The van der Waals surface area contributed by atoms with Gasteiger partial charge in [0, 0.05) is 10.9 Å². The van der Waals surface area contributed by atoms with E-state index in [0.29, 0.717) is 11.4 Å². The number of ether oxygens (including phenoxy) is 1. The number of fused-ring (bicyclic) bond motifs is 1. The number of thiazole rings is 1. The number of anilines is 1. The number of nitrogens with one attached hydrogen (secondary N) is 1. The molecule has 1 amide bonds. The number of halogens is 1. The molecule has 92 valence electrons. The van der Waals surface area contributed by atoms with Crippen LogP contribution >= 0.6 is 27.3 Å². The maximum atomic E-state index is 11.6. The second-order valence-electron chi connectivity index (χ2n) is 3.94. The lowest BCUT2D eigenvalue weighted by molar-refractivity contribution is -0.122. The Balaban J connectivity index is 2.01. The number of aromatic nitrogens is 1. The Morgan fingerprint density at radius 3 is 3.06 bits per heavy atom. The van der Waals surface area contributed by atoms with Crippen molar-refractivity contribution in [3.05, 3.63) is 28.2 Å². The van der Waals surface area contributed by atoms with Gasteiger partial charge in [0.15, 0.2) is 6.10 Å². The van der Waals surface area contributed by atoms with E-state index in [2.05, 4.69) is 26.2 Å². The summed E-state index contributed by atoms with van der Waals surface area (Å²) >= 11 is 4.87. The highest BCUT2D eigenvalue weighted by molar-refractivity contribution is 9.10. The van der Waals surface area contributed by atoms with Crippen molar-refractivity contribution >= 4 is 38.9 Å². The van der Waals surface area contributed by atoms with Crippen LogP contribution in [0.3, 0.4) is 0 Å². The number of hydrogen-bond donors (Lipinski definition) is 1. The first-order valence-electron chi connectivity index (χ1n) is 5.36. The molecule has 1 N–H and O–H groups in total. The second-order valence-corrected chi connectivity index (χ2v) is 5.61. The highest BCUT2D eigenvalue weighted by Gasteiger charge is 2.23. The van der Waals surface area contributed by atoms with Gasteiger partial charge < -0.3 is 10.1 Å². The van der Waals surface area contributed by atoms with Gasteiger partial charge in [-0.1, -0.05) is 0 Å². The van der Waals surface area contributed by atoms with Crippen LogP contribution in [0.5, 0.6) is 5.75 Å². The lowest BCUT2D eigenvalue weighted by Crippen LogP contribution is -2.34. The van der Waals surface area contributed by atoms with Gasteiger partial charge in [0.05, 0.1) is 5.69 Å².